The van der Waals surface area contributed by atoms with E-state index in [0.717, 1.165) is 46.8 Å². The fourth-order valence-electron chi connectivity index (χ4n) is 6.27. The first-order valence-corrected chi connectivity index (χ1v) is 15.6. The van der Waals surface area contributed by atoms with Crippen molar-refractivity contribution in [3.8, 4) is 17.2 Å². The van der Waals surface area contributed by atoms with Crippen molar-refractivity contribution < 1.29 is 19.1 Å². The minimum Gasteiger partial charge on any atom is -0.491 e. The van der Waals surface area contributed by atoms with Crippen LogP contribution in [0.3, 0.4) is 0 Å². The molecule has 2 atom stereocenters. The average molecular weight is 593 g/mol. The molecule has 0 spiro atoms. The Balaban J connectivity index is 1.23. The number of aromatic nitrogens is 2. The lowest BCUT2D eigenvalue weighted by Crippen LogP contribution is -2.48. The highest BCUT2D eigenvalue weighted by Gasteiger charge is 2.41. The third-order valence-corrected chi connectivity index (χ3v) is 8.45. The molecule has 0 radical (unpaired) electrons. The van der Waals surface area contributed by atoms with Gasteiger partial charge in [-0.25, -0.2) is 4.98 Å². The maximum absolute atomic E-state index is 13.8. The van der Waals surface area contributed by atoms with Crippen LogP contribution in [0.4, 0.5) is 5.69 Å². The molecule has 3 aromatic carbocycles. The standard InChI is InChI=1S/C36H40N4O4/c1-25(2)43-31-15-9-27(10-16-31)35-33(36(42)38-23-26-7-11-28(12-8-26)39-22-21-37-24-39)19-20-34(41)40(35)29-13-17-32(18-14-29)44-30-5-3-4-6-30/h7-18,21-22,24-25,30,33,35H,3-6,19-20,23H2,1-2H3,(H,38,42)/t33-,35+/m1/s1. The molecule has 1 saturated carbocycles. The number of hydrogen-bond acceptors (Lipinski definition) is 5. The van der Waals surface area contributed by atoms with Crippen LogP contribution in [-0.4, -0.2) is 33.6 Å². The minimum atomic E-state index is -0.463. The first-order valence-electron chi connectivity index (χ1n) is 15.6. The lowest BCUT2D eigenvalue weighted by atomic mass is 9.83. The number of carbonyl (C=O) groups excluding carboxylic acids is 2. The van der Waals surface area contributed by atoms with Gasteiger partial charge in [-0.15, -0.1) is 0 Å². The van der Waals surface area contributed by atoms with Crippen molar-refractivity contribution in [2.75, 3.05) is 4.90 Å². The lowest BCUT2D eigenvalue weighted by Gasteiger charge is -2.41. The number of benzene rings is 3. The molecule has 1 aromatic heterocycles. The highest BCUT2D eigenvalue weighted by atomic mass is 16.5. The van der Waals surface area contributed by atoms with Crippen LogP contribution in [0.2, 0.25) is 0 Å². The highest BCUT2D eigenvalue weighted by Crippen LogP contribution is 2.41. The number of rotatable bonds is 10. The molecule has 1 N–H and O–H groups in total. The van der Waals surface area contributed by atoms with E-state index >= 15 is 0 Å². The normalized spacial score (nSPS) is 18.9. The van der Waals surface area contributed by atoms with Gasteiger partial charge in [-0.1, -0.05) is 24.3 Å². The van der Waals surface area contributed by atoms with E-state index in [1.165, 1.54) is 12.8 Å². The molecule has 1 aliphatic heterocycles. The Morgan fingerprint density at radius 2 is 1.59 bits per heavy atom. The molecular formula is C36H40N4O4. The van der Waals surface area contributed by atoms with Crippen molar-refractivity contribution in [3.05, 3.63) is 103 Å². The van der Waals surface area contributed by atoms with E-state index in [0.29, 0.717) is 19.4 Å². The maximum Gasteiger partial charge on any atom is 0.227 e. The second kappa shape index (κ2) is 13.4. The van der Waals surface area contributed by atoms with Gasteiger partial charge >= 0.3 is 0 Å². The van der Waals surface area contributed by atoms with Crippen molar-refractivity contribution >= 4 is 17.5 Å². The number of anilines is 1. The first-order chi connectivity index (χ1) is 21.4. The van der Waals surface area contributed by atoms with Crippen molar-refractivity contribution in [2.45, 2.75) is 77.2 Å². The summed E-state index contributed by atoms with van der Waals surface area (Å²) in [5.74, 6) is 1.07. The predicted octanol–water partition coefficient (Wildman–Crippen LogP) is 6.78. The van der Waals surface area contributed by atoms with Crippen LogP contribution in [0.25, 0.3) is 5.69 Å². The van der Waals surface area contributed by atoms with Gasteiger partial charge in [-0.05, 0) is 106 Å². The summed E-state index contributed by atoms with van der Waals surface area (Å²) in [6.07, 6.45) is 11.0. The van der Waals surface area contributed by atoms with Crippen LogP contribution in [0.5, 0.6) is 11.5 Å². The molecule has 2 heterocycles. The molecule has 8 heteroatoms. The molecule has 2 fully saturated rings. The highest BCUT2D eigenvalue weighted by molar-refractivity contribution is 5.97. The number of ether oxygens (including phenoxy) is 2. The monoisotopic (exact) mass is 592 g/mol. The zero-order valence-corrected chi connectivity index (χ0v) is 25.4. The van der Waals surface area contributed by atoms with Crippen LogP contribution in [0, 0.1) is 5.92 Å². The van der Waals surface area contributed by atoms with Gasteiger partial charge in [0, 0.05) is 36.7 Å². The Kier molecular flexibility index (Phi) is 8.96. The summed E-state index contributed by atoms with van der Waals surface area (Å²) in [4.78, 5) is 33.3. The zero-order chi connectivity index (χ0) is 30.5. The Morgan fingerprint density at radius 1 is 0.909 bits per heavy atom. The van der Waals surface area contributed by atoms with E-state index in [4.69, 9.17) is 9.47 Å². The SMILES string of the molecule is CC(C)Oc1ccc([C@H]2[C@H](C(=O)NCc3ccc(-n4ccnc4)cc3)CCC(=O)N2c2ccc(OC3CCCC3)cc2)cc1. The van der Waals surface area contributed by atoms with Gasteiger partial charge in [0.25, 0.3) is 0 Å². The van der Waals surface area contributed by atoms with E-state index in [9.17, 15) is 9.59 Å². The molecule has 6 rings (SSSR count). The van der Waals surface area contributed by atoms with E-state index in [2.05, 4.69) is 10.3 Å². The summed E-state index contributed by atoms with van der Waals surface area (Å²) in [5.41, 5.74) is 3.65. The number of amides is 2. The number of hydrogen-bond donors (Lipinski definition) is 1. The van der Waals surface area contributed by atoms with E-state index in [1.54, 1.807) is 17.4 Å². The molecule has 4 aromatic rings. The Morgan fingerprint density at radius 3 is 2.25 bits per heavy atom. The molecule has 0 bridgehead atoms. The number of nitrogens with one attached hydrogen (secondary N) is 1. The third-order valence-electron chi connectivity index (χ3n) is 8.45. The van der Waals surface area contributed by atoms with Gasteiger partial charge in [0.15, 0.2) is 0 Å². The molecule has 2 amide bonds. The average Bonchev–Trinajstić information content (AvgIpc) is 3.76. The van der Waals surface area contributed by atoms with Crippen molar-refractivity contribution in [2.24, 2.45) is 5.92 Å². The Hall–Kier alpha value is -4.59. The molecule has 0 unspecified atom stereocenters. The predicted molar refractivity (Wildman–Crippen MR) is 170 cm³/mol. The molecule has 228 valence electrons. The lowest BCUT2D eigenvalue weighted by molar-refractivity contribution is -0.129. The van der Waals surface area contributed by atoms with Crippen LogP contribution in [0.1, 0.15) is 69.5 Å². The van der Waals surface area contributed by atoms with Crippen LogP contribution >= 0.6 is 0 Å². The van der Waals surface area contributed by atoms with Crippen LogP contribution in [0.15, 0.2) is 91.5 Å². The van der Waals surface area contributed by atoms with E-state index in [1.807, 2.05) is 97.4 Å². The summed E-state index contributed by atoms with van der Waals surface area (Å²) in [6, 6.07) is 23.1. The summed E-state index contributed by atoms with van der Waals surface area (Å²) >= 11 is 0. The van der Waals surface area contributed by atoms with Crippen molar-refractivity contribution in [1.82, 2.24) is 14.9 Å². The minimum absolute atomic E-state index is 0.00103. The molecule has 8 nitrogen and oxygen atoms in total. The molecule has 2 aliphatic rings. The molecule has 44 heavy (non-hydrogen) atoms. The third kappa shape index (κ3) is 6.80. The van der Waals surface area contributed by atoms with Crippen LogP contribution in [-0.2, 0) is 16.1 Å². The van der Waals surface area contributed by atoms with E-state index < -0.39 is 12.0 Å². The van der Waals surface area contributed by atoms with Gasteiger partial charge < -0.3 is 24.3 Å². The van der Waals surface area contributed by atoms with Crippen molar-refractivity contribution in [3.63, 3.8) is 0 Å². The number of carbonyl (C=O) groups is 2. The molecule has 1 saturated heterocycles. The van der Waals surface area contributed by atoms with E-state index in [-0.39, 0.29) is 24.0 Å². The molecular weight excluding hydrogens is 552 g/mol. The Labute approximate surface area is 259 Å². The summed E-state index contributed by atoms with van der Waals surface area (Å²) in [5, 5.41) is 3.16. The number of nitrogens with zero attached hydrogens (tertiary/aromatic N) is 3. The first kappa shape index (κ1) is 29.5. The summed E-state index contributed by atoms with van der Waals surface area (Å²) < 4.78 is 14.0. The Bertz CT molecular complexity index is 1530. The topological polar surface area (TPSA) is 85.7 Å². The largest absolute Gasteiger partial charge is 0.491 e. The zero-order valence-electron chi connectivity index (χ0n) is 25.4. The van der Waals surface area contributed by atoms with Gasteiger partial charge in [-0.2, -0.15) is 0 Å². The summed E-state index contributed by atoms with van der Waals surface area (Å²) in [6.45, 7) is 4.37. The van der Waals surface area contributed by atoms with Crippen LogP contribution < -0.4 is 19.7 Å². The second-order valence-electron chi connectivity index (χ2n) is 12.0. The van der Waals surface area contributed by atoms with Crippen molar-refractivity contribution in [1.29, 1.82) is 0 Å². The number of imidazole rings is 1. The number of piperidine rings is 1. The van der Waals surface area contributed by atoms with Gasteiger partial charge in [-0.3, -0.25) is 9.59 Å². The smallest absolute Gasteiger partial charge is 0.227 e. The second-order valence-corrected chi connectivity index (χ2v) is 12.0. The fraction of sp³-hybridized carbons (Fsp3) is 0.361. The van der Waals surface area contributed by atoms with Gasteiger partial charge in [0.1, 0.15) is 11.5 Å². The fourth-order valence-corrected chi connectivity index (χ4v) is 6.27. The van der Waals surface area contributed by atoms with Gasteiger partial charge in [0.05, 0.1) is 30.5 Å². The summed E-state index contributed by atoms with van der Waals surface area (Å²) in [7, 11) is 0. The van der Waals surface area contributed by atoms with Gasteiger partial charge in [0.2, 0.25) is 11.8 Å². The molecule has 1 aliphatic carbocycles. The maximum atomic E-state index is 13.8. The quantitative estimate of drug-likeness (QED) is 0.219.